The maximum Gasteiger partial charge on any atom is 0.330 e. The molecular weight excluding hydrogens is 804 g/mol. The number of hydrogen-bond donors (Lipinski definition) is 1. The van der Waals surface area contributed by atoms with Gasteiger partial charge in [0.05, 0.1) is 34.5 Å². The van der Waals surface area contributed by atoms with Gasteiger partial charge in [-0.05, 0) is 41.6 Å². The highest BCUT2D eigenvalue weighted by molar-refractivity contribution is 7.98. The van der Waals surface area contributed by atoms with Crippen LogP contribution in [0, 0.1) is 0 Å². The third kappa shape index (κ3) is 9.59. The molecular formula is C41H36Cl2N8O2S3. The monoisotopic (exact) mass is 838 g/mol. The zero-order chi connectivity index (χ0) is 38.9. The first-order chi connectivity index (χ1) is 27.4. The van der Waals surface area contributed by atoms with Gasteiger partial charge in [-0.15, -0.1) is 0 Å². The van der Waals surface area contributed by atoms with Gasteiger partial charge in [0.1, 0.15) is 11.6 Å². The van der Waals surface area contributed by atoms with Crippen LogP contribution in [0.15, 0.2) is 132 Å². The van der Waals surface area contributed by atoms with Crippen molar-refractivity contribution in [2.45, 2.75) is 34.9 Å². The van der Waals surface area contributed by atoms with Crippen LogP contribution in [0.1, 0.15) is 22.3 Å². The normalized spacial score (nSPS) is 13.4. The molecule has 0 spiro atoms. The van der Waals surface area contributed by atoms with Gasteiger partial charge in [-0.2, -0.15) is 11.8 Å². The third-order valence-corrected chi connectivity index (χ3v) is 11.8. The van der Waals surface area contributed by atoms with Crippen molar-refractivity contribution in [3.05, 3.63) is 154 Å². The molecule has 4 amide bonds. The summed E-state index contributed by atoms with van der Waals surface area (Å²) < 4.78 is 0. The summed E-state index contributed by atoms with van der Waals surface area (Å²) in [5.41, 5.74) is 5.55. The molecule has 56 heavy (non-hydrogen) atoms. The van der Waals surface area contributed by atoms with Crippen molar-refractivity contribution in [3.8, 4) is 0 Å². The zero-order valence-corrected chi connectivity index (χ0v) is 34.2. The van der Waals surface area contributed by atoms with Gasteiger partial charge in [-0.3, -0.25) is 20.0 Å². The molecule has 8 rings (SSSR count). The van der Waals surface area contributed by atoms with E-state index in [2.05, 4.69) is 44.5 Å². The van der Waals surface area contributed by atoms with Crippen LogP contribution in [-0.4, -0.2) is 50.6 Å². The van der Waals surface area contributed by atoms with Gasteiger partial charge in [0.25, 0.3) is 0 Å². The molecule has 2 aliphatic rings. The molecule has 0 radical (unpaired) electrons. The molecule has 2 aliphatic heterocycles. The minimum absolute atomic E-state index is 0.109. The molecule has 4 heterocycles. The van der Waals surface area contributed by atoms with Gasteiger partial charge >= 0.3 is 12.1 Å². The number of anilines is 4. The van der Waals surface area contributed by atoms with E-state index in [1.54, 1.807) is 56.6 Å². The lowest BCUT2D eigenvalue weighted by atomic mass is 10.2. The quantitative estimate of drug-likeness (QED) is 0.101. The number of aromatic nitrogens is 4. The number of para-hydroxylation sites is 2. The Balaban J connectivity index is 0.000000173. The van der Waals surface area contributed by atoms with E-state index in [4.69, 9.17) is 28.2 Å². The number of benzene rings is 4. The molecule has 0 saturated carbocycles. The Hall–Kier alpha value is -4.79. The van der Waals surface area contributed by atoms with Crippen LogP contribution >= 0.6 is 58.5 Å². The molecule has 284 valence electrons. The van der Waals surface area contributed by atoms with Crippen molar-refractivity contribution in [2.75, 3.05) is 38.6 Å². The molecule has 2 aromatic heterocycles. The van der Waals surface area contributed by atoms with E-state index >= 15 is 0 Å². The Morgan fingerprint density at radius 1 is 0.661 bits per heavy atom. The Labute approximate surface area is 348 Å². The minimum Gasteiger partial charge on any atom is -0.291 e. The Bertz CT molecular complexity index is 2310. The van der Waals surface area contributed by atoms with Crippen LogP contribution in [0.25, 0.3) is 0 Å². The number of amides is 4. The average Bonchev–Trinajstić information content (AvgIpc) is 3.23. The largest absolute Gasteiger partial charge is 0.330 e. The Morgan fingerprint density at radius 2 is 1.18 bits per heavy atom. The van der Waals surface area contributed by atoms with Crippen molar-refractivity contribution in [1.82, 2.24) is 19.9 Å². The molecule has 0 atom stereocenters. The number of rotatable bonds is 11. The number of hydrogen-bond acceptors (Lipinski definition) is 9. The topological polar surface area (TPSA) is 107 Å². The van der Waals surface area contributed by atoms with Crippen LogP contribution in [0.2, 0.25) is 10.0 Å². The van der Waals surface area contributed by atoms with Gasteiger partial charge in [0.15, 0.2) is 10.3 Å². The maximum atomic E-state index is 13.4. The number of nitrogens with one attached hydrogen (secondary N) is 1. The van der Waals surface area contributed by atoms with E-state index in [1.807, 2.05) is 85.2 Å². The molecule has 4 aromatic carbocycles. The summed E-state index contributed by atoms with van der Waals surface area (Å²) in [7, 11) is 0. The Kier molecular flexibility index (Phi) is 13.3. The number of carbonyl (C=O) groups is 2. The molecule has 0 fully saturated rings. The molecule has 0 bridgehead atoms. The maximum absolute atomic E-state index is 13.4. The smallest absolute Gasteiger partial charge is 0.291 e. The molecule has 0 unspecified atom stereocenters. The van der Waals surface area contributed by atoms with Crippen LogP contribution < -0.4 is 20.0 Å². The first-order valence-corrected chi connectivity index (χ1v) is 21.7. The highest BCUT2D eigenvalue weighted by atomic mass is 35.5. The van der Waals surface area contributed by atoms with Crippen molar-refractivity contribution in [1.29, 1.82) is 0 Å². The zero-order valence-electron chi connectivity index (χ0n) is 30.2. The summed E-state index contributed by atoms with van der Waals surface area (Å²) in [6, 6.07) is 34.7. The molecule has 10 nitrogen and oxygen atoms in total. The molecule has 0 aliphatic carbocycles. The Morgan fingerprint density at radius 3 is 1.77 bits per heavy atom. The first kappa shape index (κ1) is 39.4. The number of nitrogens with zero attached hydrogens (tertiary/aromatic N) is 7. The number of carbonyl (C=O) groups excluding carboxylic acids is 2. The van der Waals surface area contributed by atoms with Gasteiger partial charge in [0.2, 0.25) is 0 Å². The number of fused-ring (bicyclic) bond motifs is 2. The van der Waals surface area contributed by atoms with Crippen LogP contribution in [0.4, 0.5) is 32.6 Å². The van der Waals surface area contributed by atoms with Gasteiger partial charge in [-0.25, -0.2) is 29.5 Å². The summed E-state index contributed by atoms with van der Waals surface area (Å²) >= 11 is 17.4. The van der Waals surface area contributed by atoms with Crippen LogP contribution in [0.5, 0.6) is 0 Å². The summed E-state index contributed by atoms with van der Waals surface area (Å²) in [6.07, 6.45) is 5.62. The SMILES string of the molecule is CSCCN1C(=O)N(c2ccccc2Cl)Cc2cnc(SCc3ccccc3)nc21.O=C1Nc2nc(SCc3ccccc3)ncc2CN1c1ccccc1Cl. The summed E-state index contributed by atoms with van der Waals surface area (Å²) in [4.78, 5) is 49.1. The van der Waals surface area contributed by atoms with Crippen LogP contribution in [-0.2, 0) is 24.6 Å². The minimum atomic E-state index is -0.247. The predicted octanol–water partition coefficient (Wildman–Crippen LogP) is 10.7. The second-order valence-corrected chi connectivity index (χ2v) is 16.2. The van der Waals surface area contributed by atoms with Crippen molar-refractivity contribution >= 4 is 93.6 Å². The molecule has 15 heteroatoms. The van der Waals surface area contributed by atoms with Gasteiger partial charge in [-0.1, -0.05) is 132 Å². The summed E-state index contributed by atoms with van der Waals surface area (Å²) in [5, 5.41) is 5.23. The second-order valence-electron chi connectivity index (χ2n) is 12.5. The van der Waals surface area contributed by atoms with E-state index in [-0.39, 0.29) is 12.1 Å². The summed E-state index contributed by atoms with van der Waals surface area (Å²) in [5.74, 6) is 3.63. The lowest BCUT2D eigenvalue weighted by Crippen LogP contribution is -2.49. The van der Waals surface area contributed by atoms with E-state index in [0.717, 1.165) is 28.4 Å². The lowest BCUT2D eigenvalue weighted by Gasteiger charge is -2.36. The third-order valence-electron chi connectivity index (χ3n) is 8.73. The van der Waals surface area contributed by atoms with E-state index in [1.165, 1.54) is 22.9 Å². The molecule has 1 N–H and O–H groups in total. The van der Waals surface area contributed by atoms with Crippen LogP contribution in [0.3, 0.4) is 0 Å². The first-order valence-electron chi connectivity index (χ1n) is 17.6. The number of urea groups is 2. The van der Waals surface area contributed by atoms with Gasteiger partial charge in [0, 0.05) is 47.3 Å². The molecule has 0 saturated heterocycles. The standard InChI is InChI=1S/C22H21ClN4OS2.C19H15ClN4OS/c1-29-12-11-26-20-17(14-27(22(26)28)19-10-6-5-9-18(19)23)13-24-21(25-20)30-15-16-7-3-2-4-8-16;20-15-8-4-5-9-16(15)24-11-14-10-21-18(22-17(14)23-19(24)25)26-12-13-6-2-1-3-7-13/h2-10,13H,11-12,14-15H2,1H3;1-10H,11-12H2,(H,21,22,23,25). The average molecular weight is 840 g/mol. The van der Waals surface area contributed by atoms with Crippen molar-refractivity contribution in [3.63, 3.8) is 0 Å². The fourth-order valence-electron chi connectivity index (χ4n) is 5.92. The van der Waals surface area contributed by atoms with E-state index in [0.29, 0.717) is 63.0 Å². The highest BCUT2D eigenvalue weighted by Gasteiger charge is 2.34. The van der Waals surface area contributed by atoms with Crippen molar-refractivity contribution in [2.24, 2.45) is 0 Å². The highest BCUT2D eigenvalue weighted by Crippen LogP contribution is 2.36. The fraction of sp³-hybridized carbons (Fsp3) is 0.171. The lowest BCUT2D eigenvalue weighted by molar-refractivity contribution is 0.250. The van der Waals surface area contributed by atoms with Crippen molar-refractivity contribution < 1.29 is 9.59 Å². The predicted molar refractivity (Wildman–Crippen MR) is 231 cm³/mol. The number of halogens is 2. The second kappa shape index (κ2) is 18.9. The summed E-state index contributed by atoms with van der Waals surface area (Å²) in [6.45, 7) is 1.36. The molecule has 6 aromatic rings. The van der Waals surface area contributed by atoms with Gasteiger partial charge < -0.3 is 0 Å². The fourth-order valence-corrected chi connectivity index (χ4v) is 8.30. The number of thioether (sulfide) groups is 3. The van der Waals surface area contributed by atoms with E-state index in [9.17, 15) is 9.59 Å². The van der Waals surface area contributed by atoms with E-state index < -0.39 is 0 Å².